The van der Waals surface area contributed by atoms with Crippen LogP contribution in [-0.2, 0) is 9.53 Å². The Hall–Kier alpha value is -0.0900. The summed E-state index contributed by atoms with van der Waals surface area (Å²) in [6.45, 7) is 3.36. The molecule has 1 rings (SSSR count). The van der Waals surface area contributed by atoms with Crippen LogP contribution in [0.5, 0.6) is 0 Å². The van der Waals surface area contributed by atoms with E-state index in [9.17, 15) is 4.79 Å². The van der Waals surface area contributed by atoms with Crippen molar-refractivity contribution in [2.45, 2.75) is 30.6 Å². The summed E-state index contributed by atoms with van der Waals surface area (Å²) in [6.07, 6.45) is 1.87. The fourth-order valence-electron chi connectivity index (χ4n) is 1.16. The van der Waals surface area contributed by atoms with Crippen LogP contribution in [0, 0.1) is 0 Å². The molecule has 3 nitrogen and oxygen atoms in total. The number of hydrogen-bond acceptors (Lipinski definition) is 2. The third-order valence-corrected chi connectivity index (χ3v) is 2.34. The molecule has 1 aliphatic heterocycles. The number of amides is 1. The normalized spacial score (nSPS) is 21.8. The van der Waals surface area contributed by atoms with E-state index < -0.39 is 0 Å². The zero-order valence-electron chi connectivity index (χ0n) is 7.18. The van der Waals surface area contributed by atoms with Gasteiger partial charge in [0.2, 0.25) is 5.91 Å². The van der Waals surface area contributed by atoms with Crippen molar-refractivity contribution in [3.63, 3.8) is 0 Å². The van der Waals surface area contributed by atoms with Crippen molar-refractivity contribution in [1.82, 2.24) is 5.32 Å². The van der Waals surface area contributed by atoms with Crippen LogP contribution in [0.1, 0.15) is 19.8 Å². The molecule has 0 unspecified atom stereocenters. The molecule has 0 bridgehead atoms. The average molecular weight is 236 g/mol. The van der Waals surface area contributed by atoms with Crippen molar-refractivity contribution in [3.8, 4) is 0 Å². The number of rotatable bonds is 2. The highest BCUT2D eigenvalue weighted by molar-refractivity contribution is 9.10. The van der Waals surface area contributed by atoms with Gasteiger partial charge in [-0.2, -0.15) is 0 Å². The van der Waals surface area contributed by atoms with Crippen molar-refractivity contribution in [2.24, 2.45) is 0 Å². The molecule has 1 fully saturated rings. The minimum Gasteiger partial charge on any atom is -0.381 e. The molecule has 0 spiro atoms. The summed E-state index contributed by atoms with van der Waals surface area (Å²) in [5.41, 5.74) is 0. The molecule has 12 heavy (non-hydrogen) atoms. The minimum absolute atomic E-state index is 0.0712. The van der Waals surface area contributed by atoms with Crippen molar-refractivity contribution < 1.29 is 9.53 Å². The molecule has 1 amide bonds. The van der Waals surface area contributed by atoms with Crippen LogP contribution in [0.4, 0.5) is 0 Å². The average Bonchev–Trinajstić information content (AvgIpc) is 2.06. The van der Waals surface area contributed by atoms with E-state index in [0.29, 0.717) is 6.04 Å². The molecule has 0 aromatic rings. The summed E-state index contributed by atoms with van der Waals surface area (Å²) < 4.78 is 5.18. The Morgan fingerprint density at radius 2 is 2.17 bits per heavy atom. The molecule has 1 heterocycles. The van der Waals surface area contributed by atoms with Crippen LogP contribution in [0.15, 0.2) is 0 Å². The van der Waals surface area contributed by atoms with E-state index in [2.05, 4.69) is 21.2 Å². The summed E-state index contributed by atoms with van der Waals surface area (Å²) in [7, 11) is 0. The molecule has 4 heteroatoms. The van der Waals surface area contributed by atoms with Gasteiger partial charge in [-0.15, -0.1) is 0 Å². The van der Waals surface area contributed by atoms with Gasteiger partial charge < -0.3 is 10.1 Å². The summed E-state index contributed by atoms with van der Waals surface area (Å²) >= 11 is 3.22. The van der Waals surface area contributed by atoms with E-state index in [1.807, 2.05) is 6.92 Å². The summed E-state index contributed by atoms with van der Waals surface area (Å²) in [5, 5.41) is 2.95. The molecular formula is C8H14BrNO2. The SMILES string of the molecule is C[C@H](Br)C(=O)NC1CCOCC1. The highest BCUT2D eigenvalue weighted by Gasteiger charge is 2.17. The van der Waals surface area contributed by atoms with Gasteiger partial charge in [-0.3, -0.25) is 4.79 Å². The van der Waals surface area contributed by atoms with E-state index >= 15 is 0 Å². The summed E-state index contributed by atoms with van der Waals surface area (Å²) in [4.78, 5) is 11.1. The van der Waals surface area contributed by atoms with E-state index in [1.54, 1.807) is 0 Å². The first-order valence-corrected chi connectivity index (χ1v) is 5.14. The molecule has 0 aromatic heterocycles. The number of carbonyl (C=O) groups is 1. The predicted octanol–water partition coefficient (Wildman–Crippen LogP) is 1.06. The number of carbonyl (C=O) groups excluding carboxylic acids is 1. The third kappa shape index (κ3) is 3.11. The molecule has 0 radical (unpaired) electrons. The zero-order chi connectivity index (χ0) is 8.97. The minimum atomic E-state index is -0.0969. The monoisotopic (exact) mass is 235 g/mol. The number of hydrogen-bond donors (Lipinski definition) is 1. The Labute approximate surface area is 81.0 Å². The predicted molar refractivity (Wildman–Crippen MR) is 50.4 cm³/mol. The number of ether oxygens (including phenoxy) is 1. The van der Waals surface area contributed by atoms with Gasteiger partial charge in [0.05, 0.1) is 4.83 Å². The van der Waals surface area contributed by atoms with E-state index in [4.69, 9.17) is 4.74 Å². The fraction of sp³-hybridized carbons (Fsp3) is 0.875. The Morgan fingerprint density at radius 1 is 1.58 bits per heavy atom. The molecule has 0 aliphatic carbocycles. The Balaban J connectivity index is 2.24. The molecule has 70 valence electrons. The van der Waals surface area contributed by atoms with Crippen molar-refractivity contribution in [3.05, 3.63) is 0 Å². The summed E-state index contributed by atoms with van der Waals surface area (Å²) in [6, 6.07) is 0.311. The van der Waals surface area contributed by atoms with Crippen molar-refractivity contribution >= 4 is 21.8 Å². The maximum atomic E-state index is 11.2. The van der Waals surface area contributed by atoms with Gasteiger partial charge in [0.15, 0.2) is 0 Å². The lowest BCUT2D eigenvalue weighted by Crippen LogP contribution is -2.41. The second-order valence-electron chi connectivity index (χ2n) is 3.01. The van der Waals surface area contributed by atoms with Crippen LogP contribution in [0.25, 0.3) is 0 Å². The van der Waals surface area contributed by atoms with Gasteiger partial charge >= 0.3 is 0 Å². The second-order valence-corrected chi connectivity index (χ2v) is 4.38. The quantitative estimate of drug-likeness (QED) is 0.728. The molecule has 1 atom stereocenters. The summed E-state index contributed by atoms with van der Waals surface area (Å²) in [5.74, 6) is 0.0712. The van der Waals surface area contributed by atoms with Crippen LogP contribution in [0.3, 0.4) is 0 Å². The highest BCUT2D eigenvalue weighted by Crippen LogP contribution is 2.07. The first-order chi connectivity index (χ1) is 5.70. The van der Waals surface area contributed by atoms with Crippen LogP contribution < -0.4 is 5.32 Å². The largest absolute Gasteiger partial charge is 0.381 e. The van der Waals surface area contributed by atoms with Gasteiger partial charge in [0.25, 0.3) is 0 Å². The Kier molecular flexibility index (Phi) is 4.01. The fourth-order valence-corrected chi connectivity index (χ4v) is 1.29. The standard InChI is InChI=1S/C8H14BrNO2/c1-6(9)8(11)10-7-2-4-12-5-3-7/h6-7H,2-5H2,1H3,(H,10,11)/t6-/m0/s1. The van der Waals surface area contributed by atoms with E-state index in [-0.39, 0.29) is 10.7 Å². The lowest BCUT2D eigenvalue weighted by Gasteiger charge is -2.23. The van der Waals surface area contributed by atoms with E-state index in [0.717, 1.165) is 26.1 Å². The third-order valence-electron chi connectivity index (χ3n) is 1.93. The second kappa shape index (κ2) is 4.82. The first kappa shape index (κ1) is 9.99. The Bertz CT molecular complexity index is 155. The Morgan fingerprint density at radius 3 is 2.67 bits per heavy atom. The maximum Gasteiger partial charge on any atom is 0.233 e. The molecule has 0 saturated carbocycles. The lowest BCUT2D eigenvalue weighted by atomic mass is 10.1. The first-order valence-electron chi connectivity index (χ1n) is 4.22. The van der Waals surface area contributed by atoms with E-state index in [1.165, 1.54) is 0 Å². The van der Waals surface area contributed by atoms with Gasteiger partial charge in [-0.1, -0.05) is 15.9 Å². The van der Waals surface area contributed by atoms with Gasteiger partial charge in [0, 0.05) is 19.3 Å². The number of halogens is 1. The number of alkyl halides is 1. The molecule has 0 aromatic carbocycles. The zero-order valence-corrected chi connectivity index (χ0v) is 8.76. The maximum absolute atomic E-state index is 11.2. The van der Waals surface area contributed by atoms with Gasteiger partial charge in [-0.25, -0.2) is 0 Å². The van der Waals surface area contributed by atoms with Crippen molar-refractivity contribution in [2.75, 3.05) is 13.2 Å². The highest BCUT2D eigenvalue weighted by atomic mass is 79.9. The molecule has 1 N–H and O–H groups in total. The van der Waals surface area contributed by atoms with Gasteiger partial charge in [-0.05, 0) is 19.8 Å². The molecule has 1 saturated heterocycles. The van der Waals surface area contributed by atoms with Crippen LogP contribution >= 0.6 is 15.9 Å². The van der Waals surface area contributed by atoms with Crippen LogP contribution in [0.2, 0.25) is 0 Å². The molecule has 1 aliphatic rings. The van der Waals surface area contributed by atoms with Crippen molar-refractivity contribution in [1.29, 1.82) is 0 Å². The van der Waals surface area contributed by atoms with Gasteiger partial charge in [0.1, 0.15) is 0 Å². The van der Waals surface area contributed by atoms with Crippen LogP contribution in [-0.4, -0.2) is 30.0 Å². The smallest absolute Gasteiger partial charge is 0.233 e. The topological polar surface area (TPSA) is 38.3 Å². The lowest BCUT2D eigenvalue weighted by molar-refractivity contribution is -0.121. The molecular weight excluding hydrogens is 222 g/mol. The number of nitrogens with one attached hydrogen (secondary N) is 1.